The molecule has 0 fully saturated rings. The monoisotopic (exact) mass is 442 g/mol. The number of alkyl halides is 1. The van der Waals surface area contributed by atoms with Gasteiger partial charge in [-0.05, 0) is 38.3 Å². The number of carbonyl (C=O) groups is 2. The third-order valence-corrected chi connectivity index (χ3v) is 4.85. The molecule has 1 heterocycles. The summed E-state index contributed by atoms with van der Waals surface area (Å²) in [6, 6.07) is 5.57. The normalized spacial score (nSPS) is 11.4. The molecule has 5 nitrogen and oxygen atoms in total. The minimum atomic E-state index is -0.542. The molecule has 2 aromatic rings. The molecule has 7 heteroatoms. The first kappa shape index (κ1) is 20.7. The first-order valence-electron chi connectivity index (χ1n) is 8.29. The third-order valence-electron chi connectivity index (χ3n) is 3.39. The molecular weight excluding hydrogens is 420 g/mol. The highest BCUT2D eigenvalue weighted by atomic mass is 79.9. The molecule has 0 aliphatic heterocycles. The minimum absolute atomic E-state index is 0.0704. The zero-order chi connectivity index (χ0) is 19.3. The number of ketones is 1. The van der Waals surface area contributed by atoms with E-state index in [1.54, 1.807) is 27.9 Å². The van der Waals surface area contributed by atoms with E-state index in [4.69, 9.17) is 14.2 Å². The van der Waals surface area contributed by atoms with E-state index in [1.165, 1.54) is 11.3 Å². The summed E-state index contributed by atoms with van der Waals surface area (Å²) in [6.07, 6.45) is 0.207. The van der Waals surface area contributed by atoms with E-state index in [0.717, 1.165) is 10.1 Å². The Morgan fingerprint density at radius 3 is 2.46 bits per heavy atom. The summed E-state index contributed by atoms with van der Waals surface area (Å²) in [4.78, 5) is 24.8. The van der Waals surface area contributed by atoms with Gasteiger partial charge < -0.3 is 14.2 Å². The molecule has 0 spiro atoms. The zero-order valence-electron chi connectivity index (χ0n) is 15.4. The molecule has 0 amide bonds. The van der Waals surface area contributed by atoms with Gasteiger partial charge in [0.25, 0.3) is 0 Å². The Bertz CT molecular complexity index is 791. The first-order valence-corrected chi connectivity index (χ1v) is 10.2. The number of thiophene rings is 1. The molecule has 0 bridgehead atoms. The predicted molar refractivity (Wildman–Crippen MR) is 107 cm³/mol. The number of carbonyl (C=O) groups excluding carboxylic acids is 2. The number of halogens is 1. The number of fused-ring (bicyclic) bond motifs is 1. The van der Waals surface area contributed by atoms with E-state index in [1.807, 2.05) is 18.2 Å². The fourth-order valence-electron chi connectivity index (χ4n) is 2.34. The number of methoxy groups -OCH3 is 1. The lowest BCUT2D eigenvalue weighted by atomic mass is 10.1. The maximum absolute atomic E-state index is 12.4. The van der Waals surface area contributed by atoms with E-state index < -0.39 is 5.60 Å². The molecule has 0 saturated carbocycles. The van der Waals surface area contributed by atoms with Crippen molar-refractivity contribution in [3.05, 3.63) is 23.1 Å². The molecule has 0 N–H and O–H groups in total. The van der Waals surface area contributed by atoms with Crippen molar-refractivity contribution >= 4 is 49.1 Å². The molecule has 0 atom stereocenters. The Labute approximate surface area is 165 Å². The van der Waals surface area contributed by atoms with Crippen LogP contribution in [0.25, 0.3) is 10.1 Å². The Balaban J connectivity index is 2.12. The van der Waals surface area contributed by atoms with Crippen LogP contribution in [0.4, 0.5) is 0 Å². The SMILES string of the molecule is COc1cc2sc(C(=O)CCC(=O)OC(C)(C)C)cc2cc1OCCBr. The number of Topliss-reactive ketones (excluding diaryl/α,β-unsaturated/α-hetero) is 1. The van der Waals surface area contributed by atoms with Gasteiger partial charge in [-0.2, -0.15) is 0 Å². The number of hydrogen-bond donors (Lipinski definition) is 0. The smallest absolute Gasteiger partial charge is 0.306 e. The number of benzene rings is 1. The van der Waals surface area contributed by atoms with Crippen LogP contribution in [0.1, 0.15) is 43.3 Å². The minimum Gasteiger partial charge on any atom is -0.493 e. The maximum atomic E-state index is 12.4. The van der Waals surface area contributed by atoms with Crippen LogP contribution in [-0.4, -0.2) is 36.4 Å². The van der Waals surface area contributed by atoms with Crippen LogP contribution in [0.5, 0.6) is 11.5 Å². The van der Waals surface area contributed by atoms with Gasteiger partial charge in [0, 0.05) is 22.5 Å². The molecular formula is C19H23BrO5S. The number of esters is 1. The Morgan fingerprint density at radius 1 is 1.12 bits per heavy atom. The summed E-state index contributed by atoms with van der Waals surface area (Å²) in [5.74, 6) is 0.844. The fraction of sp³-hybridized carbons (Fsp3) is 0.474. The summed E-state index contributed by atoms with van der Waals surface area (Å²) in [7, 11) is 1.59. The highest BCUT2D eigenvalue weighted by Crippen LogP contribution is 2.37. The van der Waals surface area contributed by atoms with Crippen molar-refractivity contribution < 1.29 is 23.8 Å². The van der Waals surface area contributed by atoms with Gasteiger partial charge in [-0.1, -0.05) is 15.9 Å². The highest BCUT2D eigenvalue weighted by molar-refractivity contribution is 9.09. The van der Waals surface area contributed by atoms with Crippen LogP contribution in [0.3, 0.4) is 0 Å². The van der Waals surface area contributed by atoms with Crippen LogP contribution in [0, 0.1) is 0 Å². The zero-order valence-corrected chi connectivity index (χ0v) is 17.8. The van der Waals surface area contributed by atoms with Crippen LogP contribution >= 0.6 is 27.3 Å². The maximum Gasteiger partial charge on any atom is 0.306 e. The van der Waals surface area contributed by atoms with Crippen molar-refractivity contribution in [2.24, 2.45) is 0 Å². The molecule has 142 valence electrons. The molecule has 0 aliphatic rings. The summed E-state index contributed by atoms with van der Waals surface area (Å²) in [6.45, 7) is 5.94. The van der Waals surface area contributed by atoms with Crippen molar-refractivity contribution in [2.45, 2.75) is 39.2 Å². The van der Waals surface area contributed by atoms with Gasteiger partial charge in [0.05, 0.1) is 25.0 Å². The van der Waals surface area contributed by atoms with Gasteiger partial charge in [0.1, 0.15) is 5.60 Å². The van der Waals surface area contributed by atoms with Gasteiger partial charge >= 0.3 is 5.97 Å². The van der Waals surface area contributed by atoms with E-state index in [2.05, 4.69) is 15.9 Å². The Morgan fingerprint density at radius 2 is 1.85 bits per heavy atom. The Kier molecular flexibility index (Phi) is 7.06. The second kappa shape index (κ2) is 8.86. The largest absolute Gasteiger partial charge is 0.493 e. The standard InChI is InChI=1S/C19H23BrO5S/c1-19(2,3)25-18(22)6-5-13(21)17-10-12-9-15(24-8-7-20)14(23-4)11-16(12)26-17/h9-11H,5-8H2,1-4H3. The molecule has 1 aromatic carbocycles. The Hall–Kier alpha value is -1.60. The van der Waals surface area contributed by atoms with Gasteiger partial charge in [-0.3, -0.25) is 9.59 Å². The molecule has 0 aliphatic carbocycles. The first-order chi connectivity index (χ1) is 12.2. The summed E-state index contributed by atoms with van der Waals surface area (Å²) < 4.78 is 17.2. The van der Waals surface area contributed by atoms with Gasteiger partial charge in [-0.25, -0.2) is 0 Å². The van der Waals surface area contributed by atoms with Crippen LogP contribution in [0.2, 0.25) is 0 Å². The number of hydrogen-bond acceptors (Lipinski definition) is 6. The van der Waals surface area contributed by atoms with Gasteiger partial charge in [0.2, 0.25) is 0 Å². The van der Waals surface area contributed by atoms with Crippen LogP contribution in [0.15, 0.2) is 18.2 Å². The lowest BCUT2D eigenvalue weighted by molar-refractivity contribution is -0.154. The summed E-state index contributed by atoms with van der Waals surface area (Å²) in [5, 5.41) is 1.63. The van der Waals surface area contributed by atoms with Crippen molar-refractivity contribution in [3.63, 3.8) is 0 Å². The topological polar surface area (TPSA) is 61.8 Å². The molecule has 0 saturated heterocycles. The van der Waals surface area contributed by atoms with Crippen LogP contribution < -0.4 is 9.47 Å². The van der Waals surface area contributed by atoms with Crippen molar-refractivity contribution in [1.82, 2.24) is 0 Å². The lowest BCUT2D eigenvalue weighted by Crippen LogP contribution is -2.24. The summed E-state index contributed by atoms with van der Waals surface area (Å²) in [5.41, 5.74) is -0.542. The average Bonchev–Trinajstić information content (AvgIpc) is 2.98. The highest BCUT2D eigenvalue weighted by Gasteiger charge is 2.19. The average molecular weight is 443 g/mol. The van der Waals surface area contributed by atoms with E-state index in [9.17, 15) is 9.59 Å². The van der Waals surface area contributed by atoms with Crippen molar-refractivity contribution in [1.29, 1.82) is 0 Å². The number of rotatable bonds is 8. The van der Waals surface area contributed by atoms with E-state index in [-0.39, 0.29) is 24.6 Å². The van der Waals surface area contributed by atoms with Gasteiger partial charge in [-0.15, -0.1) is 11.3 Å². The molecule has 26 heavy (non-hydrogen) atoms. The van der Waals surface area contributed by atoms with E-state index >= 15 is 0 Å². The van der Waals surface area contributed by atoms with Crippen molar-refractivity contribution in [2.75, 3.05) is 19.0 Å². The molecule has 2 rings (SSSR count). The van der Waals surface area contributed by atoms with Crippen molar-refractivity contribution in [3.8, 4) is 11.5 Å². The molecule has 1 aromatic heterocycles. The summed E-state index contributed by atoms with van der Waals surface area (Å²) >= 11 is 4.71. The van der Waals surface area contributed by atoms with Crippen LogP contribution in [-0.2, 0) is 9.53 Å². The second-order valence-corrected chi connectivity index (χ2v) is 8.58. The van der Waals surface area contributed by atoms with E-state index in [0.29, 0.717) is 28.3 Å². The lowest BCUT2D eigenvalue weighted by Gasteiger charge is -2.19. The quantitative estimate of drug-likeness (QED) is 0.327. The number of ether oxygens (including phenoxy) is 3. The molecule has 0 radical (unpaired) electrons. The second-order valence-electron chi connectivity index (χ2n) is 6.70. The predicted octanol–water partition coefficient (Wildman–Crippen LogP) is 4.99. The third kappa shape index (κ3) is 5.71. The fourth-order valence-corrected chi connectivity index (χ4v) is 3.54. The molecule has 0 unspecified atom stereocenters. The van der Waals surface area contributed by atoms with Gasteiger partial charge in [0.15, 0.2) is 17.3 Å².